The largest absolute Gasteiger partial charge is 0.372 e. The van der Waals surface area contributed by atoms with Gasteiger partial charge in [0.2, 0.25) is 5.91 Å². The Kier molecular flexibility index (Phi) is 3.87. The van der Waals surface area contributed by atoms with Crippen molar-refractivity contribution >= 4 is 5.91 Å². The van der Waals surface area contributed by atoms with Gasteiger partial charge in [0.15, 0.2) is 0 Å². The molecule has 0 radical (unpaired) electrons. The first-order valence-corrected chi connectivity index (χ1v) is 6.41. The van der Waals surface area contributed by atoms with E-state index in [1.165, 1.54) is 0 Å². The van der Waals surface area contributed by atoms with Crippen molar-refractivity contribution in [1.82, 2.24) is 4.90 Å². The Balaban J connectivity index is 2.16. The van der Waals surface area contributed by atoms with Gasteiger partial charge in [0.1, 0.15) is 5.92 Å². The van der Waals surface area contributed by atoms with E-state index in [4.69, 9.17) is 4.74 Å². The molecule has 0 N–H and O–H groups in total. The quantitative estimate of drug-likeness (QED) is 0.814. The Morgan fingerprint density at radius 3 is 2.68 bits per heavy atom. The molecule has 19 heavy (non-hydrogen) atoms. The number of morpholine rings is 1. The number of ether oxygens (including phenoxy) is 1. The molecule has 1 aromatic carbocycles. The zero-order chi connectivity index (χ0) is 13.9. The summed E-state index contributed by atoms with van der Waals surface area (Å²) in [6.45, 7) is 5.50. The number of benzene rings is 1. The number of amides is 1. The van der Waals surface area contributed by atoms with Gasteiger partial charge in [-0.2, -0.15) is 5.26 Å². The number of carbonyl (C=O) groups excluding carboxylic acids is 1. The first-order chi connectivity index (χ1) is 9.03. The highest BCUT2D eigenvalue weighted by Crippen LogP contribution is 2.22. The number of rotatable bonds is 2. The second kappa shape index (κ2) is 5.41. The molecule has 1 atom stereocenters. The van der Waals surface area contributed by atoms with Gasteiger partial charge in [-0.15, -0.1) is 0 Å². The summed E-state index contributed by atoms with van der Waals surface area (Å²) in [6.07, 6.45) is 0. The second-order valence-electron chi connectivity index (χ2n) is 5.34. The summed E-state index contributed by atoms with van der Waals surface area (Å²) in [5.74, 6) is -0.861. The number of hydrogen-bond acceptors (Lipinski definition) is 3. The van der Waals surface area contributed by atoms with Crippen LogP contribution in [0.25, 0.3) is 0 Å². The molecule has 1 saturated heterocycles. The number of nitriles is 1. The summed E-state index contributed by atoms with van der Waals surface area (Å²) >= 11 is 0. The number of carbonyl (C=O) groups is 1. The molecule has 1 aliphatic rings. The molecular formula is C15H18N2O2. The van der Waals surface area contributed by atoms with E-state index >= 15 is 0 Å². The molecule has 2 rings (SSSR count). The van der Waals surface area contributed by atoms with Crippen LogP contribution in [0.5, 0.6) is 0 Å². The highest BCUT2D eigenvalue weighted by molar-refractivity contribution is 5.86. The van der Waals surface area contributed by atoms with Crippen LogP contribution in [0.3, 0.4) is 0 Å². The molecule has 0 bridgehead atoms. The molecule has 1 heterocycles. The third-order valence-corrected chi connectivity index (χ3v) is 3.25. The summed E-state index contributed by atoms with van der Waals surface area (Å²) in [5, 5.41) is 9.28. The van der Waals surface area contributed by atoms with Gasteiger partial charge in [-0.3, -0.25) is 4.79 Å². The lowest BCUT2D eigenvalue weighted by Crippen LogP contribution is -2.51. The van der Waals surface area contributed by atoms with E-state index in [0.29, 0.717) is 19.7 Å². The Morgan fingerprint density at radius 1 is 1.42 bits per heavy atom. The first-order valence-electron chi connectivity index (χ1n) is 6.41. The van der Waals surface area contributed by atoms with E-state index < -0.39 is 5.92 Å². The van der Waals surface area contributed by atoms with Crippen molar-refractivity contribution < 1.29 is 9.53 Å². The normalized spacial score (nSPS) is 19.5. The Labute approximate surface area is 113 Å². The standard InChI is InChI=1S/C15H18N2O2/c1-15(2)11-17(8-9-19-15)14(18)13(10-16)12-6-4-3-5-7-12/h3-7,13H,8-9,11H2,1-2H3. The fourth-order valence-corrected chi connectivity index (χ4v) is 2.30. The molecule has 0 spiro atoms. The fraction of sp³-hybridized carbons (Fsp3) is 0.467. The van der Waals surface area contributed by atoms with Crippen molar-refractivity contribution in [3.05, 3.63) is 35.9 Å². The smallest absolute Gasteiger partial charge is 0.244 e. The summed E-state index contributed by atoms with van der Waals surface area (Å²) < 4.78 is 5.59. The predicted octanol–water partition coefficient (Wildman–Crippen LogP) is 1.93. The number of nitrogens with zero attached hydrogens (tertiary/aromatic N) is 2. The van der Waals surface area contributed by atoms with Gasteiger partial charge in [0.05, 0.1) is 18.3 Å². The second-order valence-corrected chi connectivity index (χ2v) is 5.34. The van der Waals surface area contributed by atoms with E-state index in [1.54, 1.807) is 4.90 Å². The average Bonchev–Trinajstić information content (AvgIpc) is 2.39. The van der Waals surface area contributed by atoms with Gasteiger partial charge >= 0.3 is 0 Å². The third-order valence-electron chi connectivity index (χ3n) is 3.25. The summed E-state index contributed by atoms with van der Waals surface area (Å²) in [5.41, 5.74) is 0.407. The first kappa shape index (κ1) is 13.6. The van der Waals surface area contributed by atoms with Crippen molar-refractivity contribution in [2.75, 3.05) is 19.7 Å². The lowest BCUT2D eigenvalue weighted by Gasteiger charge is -2.38. The van der Waals surface area contributed by atoms with E-state index in [2.05, 4.69) is 6.07 Å². The van der Waals surface area contributed by atoms with Crippen LogP contribution in [-0.4, -0.2) is 36.1 Å². The van der Waals surface area contributed by atoms with Crippen molar-refractivity contribution in [2.24, 2.45) is 0 Å². The molecule has 0 aliphatic carbocycles. The highest BCUT2D eigenvalue weighted by Gasteiger charge is 2.33. The lowest BCUT2D eigenvalue weighted by molar-refractivity contribution is -0.146. The van der Waals surface area contributed by atoms with E-state index in [0.717, 1.165) is 5.56 Å². The van der Waals surface area contributed by atoms with Gasteiger partial charge in [-0.1, -0.05) is 30.3 Å². The van der Waals surface area contributed by atoms with Crippen LogP contribution in [-0.2, 0) is 9.53 Å². The van der Waals surface area contributed by atoms with Crippen molar-refractivity contribution in [2.45, 2.75) is 25.4 Å². The van der Waals surface area contributed by atoms with Crippen molar-refractivity contribution in [1.29, 1.82) is 5.26 Å². The van der Waals surface area contributed by atoms with Gasteiger partial charge in [-0.05, 0) is 19.4 Å². The van der Waals surface area contributed by atoms with Crippen LogP contribution in [0.4, 0.5) is 0 Å². The Bertz CT molecular complexity index is 491. The topological polar surface area (TPSA) is 53.3 Å². The Morgan fingerprint density at radius 2 is 2.11 bits per heavy atom. The van der Waals surface area contributed by atoms with Crippen molar-refractivity contribution in [3.8, 4) is 6.07 Å². The zero-order valence-corrected chi connectivity index (χ0v) is 11.3. The van der Waals surface area contributed by atoms with E-state index in [-0.39, 0.29) is 11.5 Å². The average molecular weight is 258 g/mol. The molecular weight excluding hydrogens is 240 g/mol. The van der Waals surface area contributed by atoms with E-state index in [9.17, 15) is 10.1 Å². The van der Waals surface area contributed by atoms with Crippen LogP contribution in [0.15, 0.2) is 30.3 Å². The third kappa shape index (κ3) is 3.12. The molecule has 1 aliphatic heterocycles. The molecule has 4 nitrogen and oxygen atoms in total. The summed E-state index contributed by atoms with van der Waals surface area (Å²) in [7, 11) is 0. The molecule has 4 heteroatoms. The summed E-state index contributed by atoms with van der Waals surface area (Å²) in [4.78, 5) is 14.2. The predicted molar refractivity (Wildman–Crippen MR) is 71.4 cm³/mol. The lowest BCUT2D eigenvalue weighted by atomic mass is 9.97. The minimum Gasteiger partial charge on any atom is -0.372 e. The zero-order valence-electron chi connectivity index (χ0n) is 11.3. The van der Waals surface area contributed by atoms with Crippen LogP contribution in [0.2, 0.25) is 0 Å². The van der Waals surface area contributed by atoms with E-state index in [1.807, 2.05) is 44.2 Å². The minimum atomic E-state index is -0.727. The van der Waals surface area contributed by atoms with Crippen LogP contribution in [0.1, 0.15) is 25.3 Å². The SMILES string of the molecule is CC1(C)CN(C(=O)C(C#N)c2ccccc2)CCO1. The highest BCUT2D eigenvalue weighted by atomic mass is 16.5. The minimum absolute atomic E-state index is 0.134. The molecule has 0 saturated carbocycles. The van der Waals surface area contributed by atoms with Crippen molar-refractivity contribution in [3.63, 3.8) is 0 Å². The monoisotopic (exact) mass is 258 g/mol. The molecule has 100 valence electrons. The molecule has 1 unspecified atom stereocenters. The van der Waals surface area contributed by atoms with Crippen LogP contribution < -0.4 is 0 Å². The summed E-state index contributed by atoms with van der Waals surface area (Å²) in [6, 6.07) is 11.3. The number of hydrogen-bond donors (Lipinski definition) is 0. The van der Waals surface area contributed by atoms with Gasteiger partial charge in [0, 0.05) is 13.1 Å². The molecule has 1 aromatic rings. The van der Waals surface area contributed by atoms with Gasteiger partial charge in [0.25, 0.3) is 0 Å². The molecule has 1 amide bonds. The maximum Gasteiger partial charge on any atom is 0.244 e. The molecule has 1 fully saturated rings. The maximum atomic E-state index is 12.5. The fourth-order valence-electron chi connectivity index (χ4n) is 2.30. The maximum absolute atomic E-state index is 12.5. The molecule has 0 aromatic heterocycles. The van der Waals surface area contributed by atoms with Gasteiger partial charge in [-0.25, -0.2) is 0 Å². The van der Waals surface area contributed by atoms with Crippen LogP contribution >= 0.6 is 0 Å². The van der Waals surface area contributed by atoms with Gasteiger partial charge < -0.3 is 9.64 Å². The Hall–Kier alpha value is -1.86. The van der Waals surface area contributed by atoms with Crippen LogP contribution in [0, 0.1) is 11.3 Å².